The molecule has 0 saturated carbocycles. The summed E-state index contributed by atoms with van der Waals surface area (Å²) in [5.74, 6) is -0.241. The third kappa shape index (κ3) is 1.03. The van der Waals surface area contributed by atoms with E-state index in [-0.39, 0.29) is 11.4 Å². The van der Waals surface area contributed by atoms with Crippen LogP contribution in [0.4, 0.5) is 0 Å². The lowest BCUT2D eigenvalue weighted by atomic mass is 10.0. The molecule has 0 bridgehead atoms. The summed E-state index contributed by atoms with van der Waals surface area (Å²) in [6, 6.07) is 1.78. The largest absolute Gasteiger partial charge is 0.288 e. The lowest BCUT2D eigenvalue weighted by molar-refractivity contribution is -0.111. The minimum absolute atomic E-state index is 0.160. The normalized spacial score (nSPS) is 16.5. The second-order valence-corrected chi connectivity index (χ2v) is 1.94. The van der Waals surface area contributed by atoms with E-state index in [1.54, 1.807) is 12.1 Å². The van der Waals surface area contributed by atoms with Crippen LogP contribution in [0.15, 0.2) is 36.0 Å². The van der Waals surface area contributed by atoms with Crippen LogP contribution in [0.1, 0.15) is 0 Å². The number of ketones is 1. The lowest BCUT2D eigenvalue weighted by Crippen LogP contribution is -2.00. The monoisotopic (exact) mass is 131 g/mol. The molecule has 0 unspecified atom stereocenters. The number of rotatable bonds is 0. The standard InChI is InChI=1S/C8H5NO/c1-6-2-3-8(10)7(4-6)5-9/h2-4H,1H2. The van der Waals surface area contributed by atoms with Crippen LogP contribution in [-0.4, -0.2) is 5.78 Å². The summed E-state index contributed by atoms with van der Waals surface area (Å²) in [5.41, 5.74) is 0.851. The SMILES string of the molecule is C=C1C=CC(=O)C(C#N)=C1. The predicted octanol–water partition coefficient (Wildman–Crippen LogP) is 1.13. The summed E-state index contributed by atoms with van der Waals surface area (Å²) in [7, 11) is 0. The van der Waals surface area contributed by atoms with Crippen LogP contribution in [-0.2, 0) is 4.79 Å². The number of allylic oxidation sites excluding steroid dienone is 5. The van der Waals surface area contributed by atoms with E-state index in [4.69, 9.17) is 5.26 Å². The fourth-order valence-electron chi connectivity index (χ4n) is 0.665. The van der Waals surface area contributed by atoms with Crippen molar-refractivity contribution in [3.63, 3.8) is 0 Å². The van der Waals surface area contributed by atoms with E-state index in [1.807, 2.05) is 0 Å². The zero-order valence-corrected chi connectivity index (χ0v) is 5.29. The molecule has 0 N–H and O–H groups in total. The molecule has 0 aliphatic heterocycles. The summed E-state index contributed by atoms with van der Waals surface area (Å²) in [6.07, 6.45) is 4.41. The molecule has 0 aromatic carbocycles. The van der Waals surface area contributed by atoms with Gasteiger partial charge >= 0.3 is 0 Å². The zero-order chi connectivity index (χ0) is 7.56. The van der Waals surface area contributed by atoms with E-state index in [2.05, 4.69) is 6.58 Å². The molecule has 0 amide bonds. The Labute approximate surface area is 58.8 Å². The van der Waals surface area contributed by atoms with Crippen LogP contribution in [0.2, 0.25) is 0 Å². The van der Waals surface area contributed by atoms with E-state index in [1.165, 1.54) is 12.2 Å². The molecule has 48 valence electrons. The summed E-state index contributed by atoms with van der Waals surface area (Å²) >= 11 is 0. The van der Waals surface area contributed by atoms with Crippen LogP contribution in [0.25, 0.3) is 0 Å². The van der Waals surface area contributed by atoms with Crippen molar-refractivity contribution in [3.8, 4) is 6.07 Å². The summed E-state index contributed by atoms with van der Waals surface area (Å²) in [6.45, 7) is 3.58. The van der Waals surface area contributed by atoms with Gasteiger partial charge < -0.3 is 0 Å². The van der Waals surface area contributed by atoms with Crippen molar-refractivity contribution in [2.75, 3.05) is 0 Å². The van der Waals surface area contributed by atoms with E-state index in [9.17, 15) is 4.79 Å². The molecule has 1 aliphatic carbocycles. The van der Waals surface area contributed by atoms with Crippen molar-refractivity contribution in [2.45, 2.75) is 0 Å². The van der Waals surface area contributed by atoms with Gasteiger partial charge in [0, 0.05) is 0 Å². The van der Waals surface area contributed by atoms with E-state index in [0.717, 1.165) is 0 Å². The molecule has 10 heavy (non-hydrogen) atoms. The molecule has 0 aromatic rings. The van der Waals surface area contributed by atoms with Gasteiger partial charge in [-0.15, -0.1) is 0 Å². The van der Waals surface area contributed by atoms with Crippen LogP contribution in [0.5, 0.6) is 0 Å². The van der Waals surface area contributed by atoms with Crippen LogP contribution in [0, 0.1) is 11.3 Å². The number of nitriles is 1. The van der Waals surface area contributed by atoms with Crippen LogP contribution < -0.4 is 0 Å². The Morgan fingerprint density at radius 2 is 2.20 bits per heavy atom. The molecule has 0 fully saturated rings. The lowest BCUT2D eigenvalue weighted by Gasteiger charge is -1.98. The summed E-state index contributed by atoms with van der Waals surface area (Å²) < 4.78 is 0. The molecular weight excluding hydrogens is 126 g/mol. The molecule has 0 saturated heterocycles. The quantitative estimate of drug-likeness (QED) is 0.494. The number of carbonyl (C=O) groups excluding carboxylic acids is 1. The average Bonchev–Trinajstić information content (AvgIpc) is 1.94. The maximum atomic E-state index is 10.8. The molecule has 0 spiro atoms. The number of hydrogen-bond acceptors (Lipinski definition) is 2. The van der Waals surface area contributed by atoms with Gasteiger partial charge in [0.05, 0.1) is 5.57 Å². The Hall–Kier alpha value is -1.62. The van der Waals surface area contributed by atoms with Gasteiger partial charge in [-0.1, -0.05) is 12.7 Å². The van der Waals surface area contributed by atoms with Gasteiger partial charge in [-0.05, 0) is 17.7 Å². The predicted molar refractivity (Wildman–Crippen MR) is 37.0 cm³/mol. The Balaban J connectivity index is 3.03. The first kappa shape index (κ1) is 6.50. The van der Waals surface area contributed by atoms with Gasteiger partial charge in [0.2, 0.25) is 0 Å². The Morgan fingerprint density at radius 3 is 2.70 bits per heavy atom. The Kier molecular flexibility index (Phi) is 1.51. The molecule has 1 rings (SSSR count). The first-order valence-corrected chi connectivity index (χ1v) is 2.77. The van der Waals surface area contributed by atoms with Gasteiger partial charge in [0.25, 0.3) is 0 Å². The van der Waals surface area contributed by atoms with Gasteiger partial charge in [-0.25, -0.2) is 0 Å². The van der Waals surface area contributed by atoms with Crippen LogP contribution in [0.3, 0.4) is 0 Å². The highest BCUT2D eigenvalue weighted by Gasteiger charge is 2.08. The van der Waals surface area contributed by atoms with Crippen molar-refractivity contribution in [1.82, 2.24) is 0 Å². The summed E-state index contributed by atoms with van der Waals surface area (Å²) in [4.78, 5) is 10.8. The average molecular weight is 131 g/mol. The molecule has 2 nitrogen and oxygen atoms in total. The van der Waals surface area contributed by atoms with Crippen LogP contribution >= 0.6 is 0 Å². The second-order valence-electron chi connectivity index (χ2n) is 1.94. The smallest absolute Gasteiger partial charge is 0.196 e. The fraction of sp³-hybridized carbons (Fsp3) is 0. The van der Waals surface area contributed by atoms with Crippen molar-refractivity contribution < 1.29 is 4.79 Å². The maximum absolute atomic E-state index is 10.8. The maximum Gasteiger partial charge on any atom is 0.196 e. The van der Waals surface area contributed by atoms with Crippen molar-refractivity contribution >= 4 is 5.78 Å². The van der Waals surface area contributed by atoms with Gasteiger partial charge in [0.15, 0.2) is 5.78 Å². The minimum atomic E-state index is -0.241. The molecular formula is C8H5NO. The highest BCUT2D eigenvalue weighted by molar-refractivity contribution is 6.08. The van der Waals surface area contributed by atoms with Crippen molar-refractivity contribution in [1.29, 1.82) is 5.26 Å². The summed E-state index contributed by atoms with van der Waals surface area (Å²) in [5, 5.41) is 8.37. The molecule has 1 aliphatic rings. The Morgan fingerprint density at radius 1 is 1.50 bits per heavy atom. The zero-order valence-electron chi connectivity index (χ0n) is 5.29. The molecule has 0 atom stereocenters. The molecule has 2 heteroatoms. The van der Waals surface area contributed by atoms with E-state index >= 15 is 0 Å². The van der Waals surface area contributed by atoms with Gasteiger partial charge in [0.1, 0.15) is 6.07 Å². The number of carbonyl (C=O) groups is 1. The highest BCUT2D eigenvalue weighted by atomic mass is 16.1. The molecule has 0 radical (unpaired) electrons. The number of nitrogens with zero attached hydrogens (tertiary/aromatic N) is 1. The fourth-order valence-corrected chi connectivity index (χ4v) is 0.665. The molecule has 0 aromatic heterocycles. The van der Waals surface area contributed by atoms with Crippen molar-refractivity contribution in [2.24, 2.45) is 0 Å². The number of hydrogen-bond donors (Lipinski definition) is 0. The third-order valence-corrected chi connectivity index (χ3v) is 1.16. The first-order valence-electron chi connectivity index (χ1n) is 2.77. The van der Waals surface area contributed by atoms with Gasteiger partial charge in [-0.3, -0.25) is 4.79 Å². The second kappa shape index (κ2) is 2.32. The Bertz CT molecular complexity index is 289. The van der Waals surface area contributed by atoms with E-state index < -0.39 is 0 Å². The third-order valence-electron chi connectivity index (χ3n) is 1.16. The highest BCUT2D eigenvalue weighted by Crippen LogP contribution is 2.09. The minimum Gasteiger partial charge on any atom is -0.288 e. The van der Waals surface area contributed by atoms with Gasteiger partial charge in [-0.2, -0.15) is 5.26 Å². The molecule has 0 heterocycles. The van der Waals surface area contributed by atoms with E-state index in [0.29, 0.717) is 5.57 Å². The topological polar surface area (TPSA) is 40.9 Å². The van der Waals surface area contributed by atoms with Crippen molar-refractivity contribution in [3.05, 3.63) is 36.0 Å². The first-order chi connectivity index (χ1) is 4.74.